The van der Waals surface area contributed by atoms with E-state index in [-0.39, 0.29) is 11.3 Å². The Morgan fingerprint density at radius 3 is 2.67 bits per heavy atom. The van der Waals surface area contributed by atoms with Gasteiger partial charge in [0.15, 0.2) is 0 Å². The number of carbonyl (C=O) groups is 1. The molecule has 1 rings (SSSR count). The van der Waals surface area contributed by atoms with E-state index in [1.54, 1.807) is 6.20 Å². The van der Waals surface area contributed by atoms with E-state index in [9.17, 15) is 4.79 Å². The zero-order valence-corrected chi connectivity index (χ0v) is 9.58. The van der Waals surface area contributed by atoms with Crippen molar-refractivity contribution in [3.05, 3.63) is 30.1 Å². The molecule has 0 aliphatic heterocycles. The van der Waals surface area contributed by atoms with Gasteiger partial charge in [0.2, 0.25) is 5.91 Å². The van der Waals surface area contributed by atoms with Crippen molar-refractivity contribution in [1.82, 2.24) is 10.3 Å². The van der Waals surface area contributed by atoms with Crippen molar-refractivity contribution < 1.29 is 4.79 Å². The summed E-state index contributed by atoms with van der Waals surface area (Å²) in [6.07, 6.45) is 2.55. The highest BCUT2D eigenvalue weighted by Crippen LogP contribution is 2.12. The first-order chi connectivity index (χ1) is 7.00. The van der Waals surface area contributed by atoms with Crippen molar-refractivity contribution in [3.8, 4) is 0 Å². The van der Waals surface area contributed by atoms with E-state index in [2.05, 4.69) is 10.3 Å². The van der Waals surface area contributed by atoms with Crippen LogP contribution in [0.2, 0.25) is 0 Å². The van der Waals surface area contributed by atoms with Crippen LogP contribution in [-0.2, 0) is 11.2 Å². The molecular weight excluding hydrogens is 188 g/mol. The molecule has 1 aromatic heterocycles. The molecule has 0 aromatic carbocycles. The molecule has 0 atom stereocenters. The number of nitrogens with zero attached hydrogens (tertiary/aromatic N) is 1. The van der Waals surface area contributed by atoms with E-state index < -0.39 is 0 Å². The van der Waals surface area contributed by atoms with Gasteiger partial charge in [0, 0.05) is 30.3 Å². The van der Waals surface area contributed by atoms with Gasteiger partial charge in [0.05, 0.1) is 0 Å². The van der Waals surface area contributed by atoms with E-state index >= 15 is 0 Å². The molecule has 0 unspecified atom stereocenters. The molecule has 15 heavy (non-hydrogen) atoms. The second kappa shape index (κ2) is 4.91. The highest BCUT2D eigenvalue weighted by molar-refractivity contribution is 5.81. The van der Waals surface area contributed by atoms with Crippen LogP contribution in [0.25, 0.3) is 0 Å². The minimum absolute atomic E-state index is 0.0819. The first-order valence-corrected chi connectivity index (χ1v) is 5.18. The molecule has 1 amide bonds. The monoisotopic (exact) mass is 206 g/mol. The van der Waals surface area contributed by atoms with Gasteiger partial charge in [-0.25, -0.2) is 0 Å². The molecule has 1 N–H and O–H groups in total. The summed E-state index contributed by atoms with van der Waals surface area (Å²) in [6, 6.07) is 5.80. The normalized spacial score (nSPS) is 11.1. The summed E-state index contributed by atoms with van der Waals surface area (Å²) in [5.74, 6) is 0.0819. The van der Waals surface area contributed by atoms with Crippen LogP contribution in [-0.4, -0.2) is 17.4 Å². The Hall–Kier alpha value is -1.38. The Bertz CT molecular complexity index is 314. The van der Waals surface area contributed by atoms with Crippen molar-refractivity contribution in [3.63, 3.8) is 0 Å². The van der Waals surface area contributed by atoms with Crippen molar-refractivity contribution in [2.75, 3.05) is 6.54 Å². The van der Waals surface area contributed by atoms with Gasteiger partial charge in [-0.3, -0.25) is 9.78 Å². The lowest BCUT2D eigenvalue weighted by Gasteiger charge is -2.17. The van der Waals surface area contributed by atoms with Crippen LogP contribution in [0.1, 0.15) is 26.5 Å². The Kier molecular flexibility index (Phi) is 3.83. The third-order valence-corrected chi connectivity index (χ3v) is 2.07. The summed E-state index contributed by atoms with van der Waals surface area (Å²) in [7, 11) is 0. The molecule has 0 bridgehead atoms. The first kappa shape index (κ1) is 11.7. The Morgan fingerprint density at radius 2 is 2.13 bits per heavy atom. The van der Waals surface area contributed by atoms with Gasteiger partial charge in [0.1, 0.15) is 0 Å². The lowest BCUT2D eigenvalue weighted by molar-refractivity contribution is -0.128. The van der Waals surface area contributed by atoms with Gasteiger partial charge >= 0.3 is 0 Å². The van der Waals surface area contributed by atoms with Gasteiger partial charge in [-0.15, -0.1) is 0 Å². The van der Waals surface area contributed by atoms with Crippen LogP contribution < -0.4 is 5.32 Å². The third kappa shape index (κ3) is 4.11. The molecular formula is C12H18N2O. The van der Waals surface area contributed by atoms with Crippen LogP contribution in [0, 0.1) is 5.41 Å². The van der Waals surface area contributed by atoms with E-state index in [1.165, 1.54) is 0 Å². The van der Waals surface area contributed by atoms with Crippen LogP contribution in [0.15, 0.2) is 24.4 Å². The highest BCUT2D eigenvalue weighted by Gasteiger charge is 2.20. The Balaban J connectivity index is 2.32. The number of aromatic nitrogens is 1. The summed E-state index contributed by atoms with van der Waals surface area (Å²) in [5.41, 5.74) is 0.691. The van der Waals surface area contributed by atoms with Crippen LogP contribution in [0.5, 0.6) is 0 Å². The molecule has 0 saturated carbocycles. The van der Waals surface area contributed by atoms with E-state index in [4.69, 9.17) is 0 Å². The fourth-order valence-corrected chi connectivity index (χ4v) is 1.12. The average Bonchev–Trinajstić information content (AvgIpc) is 2.18. The van der Waals surface area contributed by atoms with Gasteiger partial charge < -0.3 is 5.32 Å². The lowest BCUT2D eigenvalue weighted by Crippen LogP contribution is -2.36. The molecule has 1 heterocycles. The molecule has 3 heteroatoms. The van der Waals surface area contributed by atoms with Gasteiger partial charge in [0.25, 0.3) is 0 Å². The van der Waals surface area contributed by atoms with Gasteiger partial charge in [-0.05, 0) is 12.1 Å². The number of hydrogen-bond acceptors (Lipinski definition) is 2. The van der Waals surface area contributed by atoms with Crippen molar-refractivity contribution in [1.29, 1.82) is 0 Å². The van der Waals surface area contributed by atoms with Crippen molar-refractivity contribution in [2.45, 2.75) is 27.2 Å². The van der Waals surface area contributed by atoms with Gasteiger partial charge in [-0.2, -0.15) is 0 Å². The predicted molar refractivity (Wildman–Crippen MR) is 60.4 cm³/mol. The largest absolute Gasteiger partial charge is 0.355 e. The highest BCUT2D eigenvalue weighted by atomic mass is 16.2. The molecule has 1 aromatic rings. The zero-order chi connectivity index (χ0) is 11.3. The van der Waals surface area contributed by atoms with Crippen LogP contribution in [0.4, 0.5) is 0 Å². The molecule has 0 saturated heterocycles. The molecule has 0 aliphatic carbocycles. The molecule has 0 aliphatic rings. The summed E-state index contributed by atoms with van der Waals surface area (Å²) < 4.78 is 0. The van der Waals surface area contributed by atoms with E-state index in [0.717, 1.165) is 12.1 Å². The third-order valence-electron chi connectivity index (χ3n) is 2.07. The first-order valence-electron chi connectivity index (χ1n) is 5.18. The lowest BCUT2D eigenvalue weighted by atomic mass is 9.96. The molecule has 0 fully saturated rings. The second-order valence-electron chi connectivity index (χ2n) is 4.58. The minimum atomic E-state index is -0.315. The number of amides is 1. The van der Waals surface area contributed by atoms with E-state index in [1.807, 2.05) is 39.0 Å². The number of pyridine rings is 1. The summed E-state index contributed by atoms with van der Waals surface area (Å²) in [6.45, 7) is 6.36. The van der Waals surface area contributed by atoms with Crippen LogP contribution in [0.3, 0.4) is 0 Å². The molecule has 0 spiro atoms. The van der Waals surface area contributed by atoms with E-state index in [0.29, 0.717) is 6.54 Å². The maximum atomic E-state index is 11.5. The maximum absolute atomic E-state index is 11.5. The maximum Gasteiger partial charge on any atom is 0.225 e. The number of nitrogens with one attached hydrogen (secondary N) is 1. The smallest absolute Gasteiger partial charge is 0.225 e. The summed E-state index contributed by atoms with van der Waals surface area (Å²) in [4.78, 5) is 15.7. The predicted octanol–water partition coefficient (Wildman–Crippen LogP) is 1.79. The van der Waals surface area contributed by atoms with Crippen molar-refractivity contribution >= 4 is 5.91 Å². The summed E-state index contributed by atoms with van der Waals surface area (Å²) >= 11 is 0. The number of hydrogen-bond donors (Lipinski definition) is 1. The standard InChI is InChI=1S/C12H18N2O/c1-12(2,3)11(15)14-9-7-10-6-4-5-8-13-10/h4-6,8H,7,9H2,1-3H3,(H,14,15). The zero-order valence-electron chi connectivity index (χ0n) is 9.58. The SMILES string of the molecule is CC(C)(C)C(=O)NCCc1ccccn1. The molecule has 82 valence electrons. The topological polar surface area (TPSA) is 42.0 Å². The Morgan fingerprint density at radius 1 is 1.40 bits per heavy atom. The number of carbonyl (C=O) groups excluding carboxylic acids is 1. The van der Waals surface area contributed by atoms with Gasteiger partial charge in [-0.1, -0.05) is 26.8 Å². The fourth-order valence-electron chi connectivity index (χ4n) is 1.12. The minimum Gasteiger partial charge on any atom is -0.355 e. The Labute approximate surface area is 90.9 Å². The quantitative estimate of drug-likeness (QED) is 0.819. The average molecular weight is 206 g/mol. The second-order valence-corrected chi connectivity index (χ2v) is 4.58. The number of rotatable bonds is 3. The van der Waals surface area contributed by atoms with Crippen LogP contribution >= 0.6 is 0 Å². The molecule has 0 radical (unpaired) electrons. The molecule has 3 nitrogen and oxygen atoms in total. The van der Waals surface area contributed by atoms with Crippen molar-refractivity contribution in [2.24, 2.45) is 5.41 Å². The fraction of sp³-hybridized carbons (Fsp3) is 0.500. The summed E-state index contributed by atoms with van der Waals surface area (Å²) in [5, 5.41) is 2.89.